The van der Waals surface area contributed by atoms with Crippen LogP contribution >= 0.6 is 0 Å². The van der Waals surface area contributed by atoms with Crippen LogP contribution in [0.4, 0.5) is 41.2 Å². The van der Waals surface area contributed by atoms with E-state index < -0.39 is 53.0 Å². The van der Waals surface area contributed by atoms with Crippen LogP contribution in [-0.4, -0.2) is 92.1 Å². The zero-order valence-corrected chi connectivity index (χ0v) is 26.5. The number of alkyl halides is 6. The average molecular weight is 687 g/mol. The van der Waals surface area contributed by atoms with Crippen LogP contribution in [0.5, 0.6) is 0 Å². The van der Waals surface area contributed by atoms with E-state index in [2.05, 4.69) is 0 Å². The number of urea groups is 1. The molecule has 2 saturated heterocycles. The summed E-state index contributed by atoms with van der Waals surface area (Å²) in [6.45, 7) is 2.26. The van der Waals surface area contributed by atoms with Crippen LogP contribution in [0.1, 0.15) is 48.3 Å². The number of anilines is 1. The second-order valence-electron chi connectivity index (χ2n) is 12.7. The Bertz CT molecular complexity index is 1450. The minimum atomic E-state index is -5.10. The molecule has 2 atom stereocenters. The van der Waals surface area contributed by atoms with Gasteiger partial charge in [0.2, 0.25) is 11.8 Å². The van der Waals surface area contributed by atoms with Crippen molar-refractivity contribution in [2.24, 2.45) is 11.8 Å². The molecule has 1 saturated carbocycles. The van der Waals surface area contributed by atoms with Gasteiger partial charge in [0.1, 0.15) is 5.82 Å². The lowest BCUT2D eigenvalue weighted by molar-refractivity contribution is -0.143. The number of hydrogen-bond donors (Lipinski definition) is 0. The standard InChI is InChI=1S/C33H37F7N4O4/c1-41(26-16-23(32(35,36)37)15-24(17-26)33(38,39)40)31(47)42(2)28-19-44(18-27(28)20-7-9-25(34)10-8-20)30(46)22-5-3-21(4-6-22)29(45)43-11-13-48-14-12-43/h7-10,15-17,21-22,27-28H,3-6,11-14,18-19H2,1-2H3. The SMILES string of the molecule is CN(C(=O)N(C)C1CN(C(=O)C2CCC(C(=O)N3CCOCC3)CC2)CC1c1ccc(F)cc1)c1cc(C(F)(F)F)cc(C(F)(F)F)c1. The number of carbonyl (C=O) groups is 3. The third-order valence-corrected chi connectivity index (χ3v) is 9.69. The minimum Gasteiger partial charge on any atom is -0.378 e. The molecule has 15 heteroatoms. The molecule has 2 aromatic carbocycles. The number of likely N-dealkylation sites (tertiary alicyclic amines) is 1. The van der Waals surface area contributed by atoms with E-state index in [4.69, 9.17) is 4.74 Å². The van der Waals surface area contributed by atoms with Crippen LogP contribution in [0.2, 0.25) is 0 Å². The van der Waals surface area contributed by atoms with Gasteiger partial charge < -0.3 is 19.4 Å². The number of amides is 4. The molecule has 8 nitrogen and oxygen atoms in total. The van der Waals surface area contributed by atoms with Gasteiger partial charge in [-0.25, -0.2) is 9.18 Å². The quantitative estimate of drug-likeness (QED) is 0.362. The maximum Gasteiger partial charge on any atom is 0.416 e. The van der Waals surface area contributed by atoms with Gasteiger partial charge in [0.15, 0.2) is 0 Å². The number of halogens is 7. The van der Waals surface area contributed by atoms with E-state index in [1.54, 1.807) is 9.80 Å². The number of carbonyl (C=O) groups excluding carboxylic acids is 3. The third-order valence-electron chi connectivity index (χ3n) is 9.69. The molecule has 0 bridgehead atoms. The molecule has 5 rings (SSSR count). The molecule has 0 spiro atoms. The number of hydrogen-bond acceptors (Lipinski definition) is 4. The summed E-state index contributed by atoms with van der Waals surface area (Å²) in [6.07, 6.45) is -8.11. The van der Waals surface area contributed by atoms with Crippen molar-refractivity contribution in [3.8, 4) is 0 Å². The van der Waals surface area contributed by atoms with Gasteiger partial charge in [0.05, 0.1) is 30.4 Å². The van der Waals surface area contributed by atoms with Gasteiger partial charge in [0, 0.05) is 63.7 Å². The Morgan fingerprint density at radius 1 is 0.750 bits per heavy atom. The molecule has 48 heavy (non-hydrogen) atoms. The predicted octanol–water partition coefficient (Wildman–Crippen LogP) is 6.01. The van der Waals surface area contributed by atoms with Crippen molar-refractivity contribution >= 4 is 23.5 Å². The number of rotatable bonds is 5. The number of morpholine rings is 1. The Morgan fingerprint density at radius 2 is 1.25 bits per heavy atom. The van der Waals surface area contributed by atoms with E-state index in [0.29, 0.717) is 74.6 Å². The highest BCUT2D eigenvalue weighted by atomic mass is 19.4. The second-order valence-corrected chi connectivity index (χ2v) is 12.7. The van der Waals surface area contributed by atoms with E-state index in [9.17, 15) is 45.1 Å². The average Bonchev–Trinajstić information content (AvgIpc) is 3.52. The fourth-order valence-corrected chi connectivity index (χ4v) is 6.91. The van der Waals surface area contributed by atoms with Gasteiger partial charge in [-0.1, -0.05) is 12.1 Å². The molecule has 3 fully saturated rings. The first kappa shape index (κ1) is 35.4. The summed E-state index contributed by atoms with van der Waals surface area (Å²) < 4.78 is 100. The maximum absolute atomic E-state index is 13.8. The second kappa shape index (κ2) is 13.9. The van der Waals surface area contributed by atoms with Crippen molar-refractivity contribution < 1.29 is 49.9 Å². The smallest absolute Gasteiger partial charge is 0.378 e. The van der Waals surface area contributed by atoms with Gasteiger partial charge in [-0.05, 0) is 61.6 Å². The summed E-state index contributed by atoms with van der Waals surface area (Å²) in [4.78, 5) is 45.8. The number of likely N-dealkylation sites (N-methyl/N-ethyl adjacent to an activating group) is 1. The van der Waals surface area contributed by atoms with E-state index in [1.807, 2.05) is 0 Å². The first-order chi connectivity index (χ1) is 22.5. The Morgan fingerprint density at radius 3 is 1.75 bits per heavy atom. The Hall–Kier alpha value is -3.88. The van der Waals surface area contributed by atoms with Crippen molar-refractivity contribution in [2.45, 2.75) is 50.0 Å². The number of benzene rings is 2. The molecular formula is C33H37F7N4O4. The van der Waals surface area contributed by atoms with E-state index in [1.165, 1.54) is 36.2 Å². The molecule has 2 aromatic rings. The fourth-order valence-electron chi connectivity index (χ4n) is 6.91. The highest BCUT2D eigenvalue weighted by molar-refractivity contribution is 5.92. The summed E-state index contributed by atoms with van der Waals surface area (Å²) >= 11 is 0. The molecule has 262 valence electrons. The lowest BCUT2D eigenvalue weighted by Crippen LogP contribution is -2.48. The molecule has 1 aliphatic carbocycles. The topological polar surface area (TPSA) is 73.4 Å². The summed E-state index contributed by atoms with van der Waals surface area (Å²) in [6, 6.07) is 4.83. The Labute approximate surface area is 273 Å². The predicted molar refractivity (Wildman–Crippen MR) is 160 cm³/mol. The normalized spacial score (nSPS) is 23.6. The van der Waals surface area contributed by atoms with E-state index in [-0.39, 0.29) is 42.8 Å². The summed E-state index contributed by atoms with van der Waals surface area (Å²) in [5.41, 5.74) is -3.12. The summed E-state index contributed by atoms with van der Waals surface area (Å²) in [5, 5.41) is 0. The van der Waals surface area contributed by atoms with Crippen molar-refractivity contribution in [1.29, 1.82) is 0 Å². The zero-order chi connectivity index (χ0) is 35.0. The molecular weight excluding hydrogens is 649 g/mol. The molecule has 0 N–H and O–H groups in total. The van der Waals surface area contributed by atoms with Crippen molar-refractivity contribution in [2.75, 3.05) is 58.4 Å². The number of ether oxygens (including phenoxy) is 1. The van der Waals surface area contributed by atoms with Crippen LogP contribution < -0.4 is 4.90 Å². The highest BCUT2D eigenvalue weighted by Gasteiger charge is 2.44. The van der Waals surface area contributed by atoms with Crippen LogP contribution in [-0.2, 0) is 26.7 Å². The monoisotopic (exact) mass is 686 g/mol. The molecule has 3 aliphatic rings. The molecule has 2 unspecified atom stereocenters. The van der Waals surface area contributed by atoms with Gasteiger partial charge >= 0.3 is 18.4 Å². The highest BCUT2D eigenvalue weighted by Crippen LogP contribution is 2.40. The first-order valence-electron chi connectivity index (χ1n) is 15.8. The van der Waals surface area contributed by atoms with E-state index in [0.717, 1.165) is 7.05 Å². The lowest BCUT2D eigenvalue weighted by Gasteiger charge is -2.34. The maximum atomic E-state index is 13.8. The lowest BCUT2D eigenvalue weighted by atomic mass is 9.80. The van der Waals surface area contributed by atoms with Gasteiger partial charge in [-0.2, -0.15) is 26.3 Å². The Kier molecular flexibility index (Phi) is 10.3. The minimum absolute atomic E-state index is 0.0113. The van der Waals surface area contributed by atoms with Gasteiger partial charge in [-0.15, -0.1) is 0 Å². The fraction of sp³-hybridized carbons (Fsp3) is 0.545. The Balaban J connectivity index is 1.33. The molecule has 4 amide bonds. The van der Waals surface area contributed by atoms with Gasteiger partial charge in [0.25, 0.3) is 0 Å². The van der Waals surface area contributed by atoms with Gasteiger partial charge in [-0.3, -0.25) is 14.5 Å². The zero-order valence-electron chi connectivity index (χ0n) is 26.5. The van der Waals surface area contributed by atoms with Crippen LogP contribution in [0.25, 0.3) is 0 Å². The van der Waals surface area contributed by atoms with Crippen LogP contribution in [0.3, 0.4) is 0 Å². The van der Waals surface area contributed by atoms with Crippen LogP contribution in [0, 0.1) is 17.7 Å². The largest absolute Gasteiger partial charge is 0.416 e. The van der Waals surface area contributed by atoms with Crippen molar-refractivity contribution in [3.05, 3.63) is 65.0 Å². The van der Waals surface area contributed by atoms with Crippen molar-refractivity contribution in [1.82, 2.24) is 14.7 Å². The molecule has 2 aliphatic heterocycles. The number of nitrogens with zero attached hydrogens (tertiary/aromatic N) is 4. The third kappa shape index (κ3) is 7.71. The molecule has 0 aromatic heterocycles. The first-order valence-corrected chi connectivity index (χ1v) is 15.8. The molecule has 2 heterocycles. The van der Waals surface area contributed by atoms with Crippen LogP contribution in [0.15, 0.2) is 42.5 Å². The summed E-state index contributed by atoms with van der Waals surface area (Å²) in [7, 11) is 2.45. The summed E-state index contributed by atoms with van der Waals surface area (Å²) in [5.74, 6) is -1.67. The molecule has 0 radical (unpaired) electrons. The van der Waals surface area contributed by atoms with E-state index >= 15 is 0 Å². The van der Waals surface area contributed by atoms with Crippen molar-refractivity contribution in [3.63, 3.8) is 0 Å².